The molecule has 1 heterocycles. The van der Waals surface area contributed by atoms with Crippen molar-refractivity contribution in [3.05, 3.63) is 64.7 Å². The molecule has 0 spiro atoms. The fraction of sp³-hybridized carbons (Fsp3) is 0.294. The van der Waals surface area contributed by atoms with E-state index >= 15 is 0 Å². The first-order chi connectivity index (χ1) is 10.8. The summed E-state index contributed by atoms with van der Waals surface area (Å²) >= 11 is 6.19. The van der Waals surface area contributed by atoms with Crippen LogP contribution < -0.4 is 10.5 Å². The maximum absolute atomic E-state index is 6.19. The van der Waals surface area contributed by atoms with Gasteiger partial charge in [-0.25, -0.2) is 0 Å². The first-order valence-electron chi connectivity index (χ1n) is 7.22. The molecule has 1 saturated heterocycles. The summed E-state index contributed by atoms with van der Waals surface area (Å²) in [6, 6.07) is 15.2. The van der Waals surface area contributed by atoms with Crippen LogP contribution in [-0.2, 0) is 15.3 Å². The number of rotatable bonds is 5. The molecule has 1 fully saturated rings. The quantitative estimate of drug-likeness (QED) is 0.920. The number of hydrogen-bond acceptors (Lipinski definition) is 4. The summed E-state index contributed by atoms with van der Waals surface area (Å²) in [5.41, 5.74) is 7.21. The zero-order valence-corrected chi connectivity index (χ0v) is 12.9. The Morgan fingerprint density at radius 1 is 1.09 bits per heavy atom. The SMILES string of the molecule is NCCOc1ccc(Cl)cc1C1(c2ccccc2)OCCO1. The molecule has 2 aromatic rings. The predicted octanol–water partition coefficient (Wildman–Crippen LogP) is 2.93. The molecule has 0 aliphatic carbocycles. The zero-order chi connectivity index (χ0) is 15.4. The van der Waals surface area contributed by atoms with Crippen LogP contribution in [0.15, 0.2) is 48.5 Å². The van der Waals surface area contributed by atoms with Crippen LogP contribution in [0.3, 0.4) is 0 Å². The van der Waals surface area contributed by atoms with Crippen LogP contribution in [0.5, 0.6) is 5.75 Å². The predicted molar refractivity (Wildman–Crippen MR) is 85.1 cm³/mol. The maximum Gasteiger partial charge on any atom is 0.226 e. The van der Waals surface area contributed by atoms with Crippen LogP contribution in [0.1, 0.15) is 11.1 Å². The van der Waals surface area contributed by atoms with Gasteiger partial charge in [-0.1, -0.05) is 41.9 Å². The molecular formula is C17H18ClNO3. The molecule has 0 radical (unpaired) electrons. The van der Waals surface area contributed by atoms with Crippen LogP contribution in [0.25, 0.3) is 0 Å². The lowest BCUT2D eigenvalue weighted by Gasteiger charge is -2.30. The van der Waals surface area contributed by atoms with E-state index in [2.05, 4.69) is 0 Å². The summed E-state index contributed by atoms with van der Waals surface area (Å²) in [5.74, 6) is -0.323. The third-order valence-corrected chi connectivity index (χ3v) is 3.75. The standard InChI is InChI=1S/C17H18ClNO3/c18-14-6-7-16(20-9-8-19)15(12-14)17(21-10-11-22-17)13-4-2-1-3-5-13/h1-7,12H,8-11,19H2. The van der Waals surface area contributed by atoms with Gasteiger partial charge in [-0.3, -0.25) is 0 Å². The van der Waals surface area contributed by atoms with E-state index in [-0.39, 0.29) is 0 Å². The average molecular weight is 320 g/mol. The second-order valence-corrected chi connectivity index (χ2v) is 5.39. The Kier molecular flexibility index (Phi) is 4.64. The molecule has 0 atom stereocenters. The van der Waals surface area contributed by atoms with Crippen molar-refractivity contribution in [2.24, 2.45) is 5.73 Å². The highest BCUT2D eigenvalue weighted by atomic mass is 35.5. The molecular weight excluding hydrogens is 302 g/mol. The number of benzene rings is 2. The van der Waals surface area contributed by atoms with E-state index in [0.29, 0.717) is 37.1 Å². The summed E-state index contributed by atoms with van der Waals surface area (Å²) in [6.45, 7) is 1.87. The molecule has 4 nitrogen and oxygen atoms in total. The normalized spacial score (nSPS) is 16.6. The first-order valence-corrected chi connectivity index (χ1v) is 7.60. The third kappa shape index (κ3) is 2.83. The highest BCUT2D eigenvalue weighted by Gasteiger charge is 2.43. The number of ether oxygens (including phenoxy) is 3. The Hall–Kier alpha value is -1.59. The summed E-state index contributed by atoms with van der Waals surface area (Å²) in [6.07, 6.45) is 0. The first kappa shape index (κ1) is 15.3. The molecule has 0 unspecified atom stereocenters. The Morgan fingerprint density at radius 2 is 1.82 bits per heavy atom. The Bertz CT molecular complexity index is 627. The van der Waals surface area contributed by atoms with Crippen molar-refractivity contribution in [3.63, 3.8) is 0 Å². The Morgan fingerprint density at radius 3 is 2.50 bits per heavy atom. The summed E-state index contributed by atoms with van der Waals surface area (Å²) in [7, 11) is 0. The molecule has 3 rings (SSSR count). The molecule has 1 aliphatic heterocycles. The second-order valence-electron chi connectivity index (χ2n) is 4.96. The van der Waals surface area contributed by atoms with E-state index < -0.39 is 5.79 Å². The van der Waals surface area contributed by atoms with Crippen LogP contribution in [-0.4, -0.2) is 26.4 Å². The number of hydrogen-bond donors (Lipinski definition) is 1. The fourth-order valence-electron chi connectivity index (χ4n) is 2.60. The molecule has 5 heteroatoms. The van der Waals surface area contributed by atoms with Gasteiger partial charge in [0.05, 0.1) is 18.8 Å². The van der Waals surface area contributed by atoms with E-state index in [1.54, 1.807) is 6.07 Å². The summed E-state index contributed by atoms with van der Waals surface area (Å²) < 4.78 is 17.7. The van der Waals surface area contributed by atoms with Crippen molar-refractivity contribution in [1.82, 2.24) is 0 Å². The van der Waals surface area contributed by atoms with Crippen molar-refractivity contribution >= 4 is 11.6 Å². The minimum atomic E-state index is -0.990. The maximum atomic E-state index is 6.19. The van der Waals surface area contributed by atoms with Gasteiger partial charge < -0.3 is 19.9 Å². The highest BCUT2D eigenvalue weighted by Crippen LogP contribution is 2.43. The van der Waals surface area contributed by atoms with Crippen molar-refractivity contribution in [1.29, 1.82) is 0 Å². The third-order valence-electron chi connectivity index (χ3n) is 3.52. The molecule has 116 valence electrons. The van der Waals surface area contributed by atoms with Crippen molar-refractivity contribution < 1.29 is 14.2 Å². The van der Waals surface area contributed by atoms with Gasteiger partial charge in [0.15, 0.2) is 0 Å². The lowest BCUT2D eigenvalue weighted by atomic mass is 9.96. The van der Waals surface area contributed by atoms with Crippen molar-refractivity contribution in [2.75, 3.05) is 26.4 Å². The van der Waals surface area contributed by atoms with Gasteiger partial charge in [0, 0.05) is 17.1 Å². The number of nitrogens with two attached hydrogens (primary N) is 1. The topological polar surface area (TPSA) is 53.7 Å². The minimum absolute atomic E-state index is 0.416. The molecule has 0 amide bonds. The molecule has 2 N–H and O–H groups in total. The van der Waals surface area contributed by atoms with Gasteiger partial charge >= 0.3 is 0 Å². The van der Waals surface area contributed by atoms with Gasteiger partial charge in [0.2, 0.25) is 5.79 Å². The molecule has 0 aromatic heterocycles. The van der Waals surface area contributed by atoms with Crippen LogP contribution in [0.4, 0.5) is 0 Å². The largest absolute Gasteiger partial charge is 0.492 e. The number of halogens is 1. The van der Waals surface area contributed by atoms with Crippen LogP contribution >= 0.6 is 11.6 Å². The molecule has 0 bridgehead atoms. The van der Waals surface area contributed by atoms with Crippen molar-refractivity contribution in [2.45, 2.75) is 5.79 Å². The minimum Gasteiger partial charge on any atom is -0.492 e. The van der Waals surface area contributed by atoms with Gasteiger partial charge in [0.25, 0.3) is 0 Å². The van der Waals surface area contributed by atoms with E-state index in [4.69, 9.17) is 31.5 Å². The monoisotopic (exact) mass is 319 g/mol. The fourth-order valence-corrected chi connectivity index (χ4v) is 2.77. The van der Waals surface area contributed by atoms with E-state index in [0.717, 1.165) is 11.1 Å². The smallest absolute Gasteiger partial charge is 0.226 e. The van der Waals surface area contributed by atoms with Crippen molar-refractivity contribution in [3.8, 4) is 5.75 Å². The summed E-state index contributed by atoms with van der Waals surface area (Å²) in [5, 5.41) is 0.601. The van der Waals surface area contributed by atoms with E-state index in [1.165, 1.54) is 0 Å². The molecule has 22 heavy (non-hydrogen) atoms. The average Bonchev–Trinajstić information content (AvgIpc) is 3.05. The second kappa shape index (κ2) is 6.67. The Balaban J connectivity index is 2.11. The van der Waals surface area contributed by atoms with E-state index in [9.17, 15) is 0 Å². The van der Waals surface area contributed by atoms with Gasteiger partial charge in [-0.05, 0) is 18.2 Å². The lowest BCUT2D eigenvalue weighted by Crippen LogP contribution is -2.29. The summed E-state index contributed by atoms with van der Waals surface area (Å²) in [4.78, 5) is 0. The molecule has 1 aliphatic rings. The Labute approximate surface area is 134 Å². The molecule has 0 saturated carbocycles. The van der Waals surface area contributed by atoms with Crippen LogP contribution in [0, 0.1) is 0 Å². The van der Waals surface area contributed by atoms with Crippen LogP contribution in [0.2, 0.25) is 5.02 Å². The zero-order valence-electron chi connectivity index (χ0n) is 12.1. The molecule has 2 aromatic carbocycles. The van der Waals surface area contributed by atoms with Gasteiger partial charge in [-0.15, -0.1) is 0 Å². The van der Waals surface area contributed by atoms with Gasteiger partial charge in [-0.2, -0.15) is 0 Å². The lowest BCUT2D eigenvalue weighted by molar-refractivity contribution is -0.131. The van der Waals surface area contributed by atoms with E-state index in [1.807, 2.05) is 42.5 Å². The highest BCUT2D eigenvalue weighted by molar-refractivity contribution is 6.30. The van der Waals surface area contributed by atoms with Gasteiger partial charge in [0.1, 0.15) is 12.4 Å².